The first kappa shape index (κ1) is 17.9. The summed E-state index contributed by atoms with van der Waals surface area (Å²) in [5.41, 5.74) is 1.75. The zero-order chi connectivity index (χ0) is 19.4. The maximum absolute atomic E-state index is 13.1. The van der Waals surface area contributed by atoms with Crippen LogP contribution in [0.3, 0.4) is 0 Å². The van der Waals surface area contributed by atoms with Crippen molar-refractivity contribution in [2.75, 3.05) is 5.32 Å². The Hall–Kier alpha value is -3.45. The summed E-state index contributed by atoms with van der Waals surface area (Å²) in [7, 11) is -3.88. The highest BCUT2D eigenvalue weighted by Crippen LogP contribution is 2.22. The van der Waals surface area contributed by atoms with Crippen molar-refractivity contribution >= 4 is 16.0 Å². The zero-order valence-corrected chi connectivity index (χ0v) is 15.8. The minimum atomic E-state index is -3.88. The first-order valence-electron chi connectivity index (χ1n) is 8.75. The molecular formula is C21H18N4O2S. The topological polar surface area (TPSA) is 76.9 Å². The van der Waals surface area contributed by atoms with Gasteiger partial charge in [-0.15, -0.1) is 9.19 Å². The summed E-state index contributed by atoms with van der Waals surface area (Å²) in [5, 5.41) is 7.40. The molecule has 1 heterocycles. The Morgan fingerprint density at radius 3 is 2.00 bits per heavy atom. The minimum absolute atomic E-state index is 0.155. The fraction of sp³-hybridized carbons (Fsp3) is 0.0476. The summed E-state index contributed by atoms with van der Waals surface area (Å²) in [5.74, 6) is 0.516. The standard InChI is InChI=1S/C21H18N4O2S/c26-28(27,19-14-8-3-9-15-19)25-21(22-16-17-10-4-1-5-11-17)23-20(24-25)18-12-6-2-7-13-18/h1-15H,16H2,(H,22,23,24). The molecule has 0 bridgehead atoms. The second-order valence-corrected chi connectivity index (χ2v) is 7.89. The molecule has 0 radical (unpaired) electrons. The molecule has 28 heavy (non-hydrogen) atoms. The molecule has 0 spiro atoms. The number of nitrogens with zero attached hydrogens (tertiary/aromatic N) is 3. The predicted octanol–water partition coefficient (Wildman–Crippen LogP) is 3.79. The van der Waals surface area contributed by atoms with E-state index in [4.69, 9.17) is 0 Å². The van der Waals surface area contributed by atoms with Crippen LogP contribution in [0.5, 0.6) is 0 Å². The number of nitrogens with one attached hydrogen (secondary N) is 1. The fourth-order valence-electron chi connectivity index (χ4n) is 2.75. The van der Waals surface area contributed by atoms with Gasteiger partial charge >= 0.3 is 0 Å². The Morgan fingerprint density at radius 2 is 1.36 bits per heavy atom. The molecule has 3 aromatic carbocycles. The van der Waals surface area contributed by atoms with Gasteiger partial charge in [-0.05, 0) is 17.7 Å². The van der Waals surface area contributed by atoms with Crippen molar-refractivity contribution in [1.29, 1.82) is 0 Å². The molecule has 1 N–H and O–H groups in total. The van der Waals surface area contributed by atoms with E-state index in [1.165, 1.54) is 0 Å². The van der Waals surface area contributed by atoms with Gasteiger partial charge in [0.1, 0.15) is 0 Å². The molecule has 0 saturated heterocycles. The number of hydrogen-bond acceptors (Lipinski definition) is 5. The highest BCUT2D eigenvalue weighted by atomic mass is 32.2. The molecule has 7 heteroatoms. The van der Waals surface area contributed by atoms with Gasteiger partial charge in [0.15, 0.2) is 5.82 Å². The van der Waals surface area contributed by atoms with Crippen LogP contribution < -0.4 is 5.32 Å². The van der Waals surface area contributed by atoms with Gasteiger partial charge in [0.2, 0.25) is 5.95 Å². The van der Waals surface area contributed by atoms with Gasteiger partial charge in [0, 0.05) is 12.1 Å². The van der Waals surface area contributed by atoms with Gasteiger partial charge in [0.25, 0.3) is 10.0 Å². The van der Waals surface area contributed by atoms with E-state index in [2.05, 4.69) is 15.4 Å². The third kappa shape index (κ3) is 3.65. The van der Waals surface area contributed by atoms with Gasteiger partial charge in [-0.2, -0.15) is 13.4 Å². The van der Waals surface area contributed by atoms with Crippen molar-refractivity contribution in [2.24, 2.45) is 0 Å². The van der Waals surface area contributed by atoms with Crippen LogP contribution in [0.25, 0.3) is 11.4 Å². The third-order valence-corrected chi connectivity index (χ3v) is 5.75. The van der Waals surface area contributed by atoms with E-state index < -0.39 is 10.0 Å². The Morgan fingerprint density at radius 1 is 0.786 bits per heavy atom. The second-order valence-electron chi connectivity index (χ2n) is 6.13. The molecule has 1 aromatic heterocycles. The van der Waals surface area contributed by atoms with Crippen molar-refractivity contribution < 1.29 is 8.42 Å². The van der Waals surface area contributed by atoms with Crippen LogP contribution in [0.2, 0.25) is 0 Å². The van der Waals surface area contributed by atoms with Crippen LogP contribution in [-0.2, 0) is 16.6 Å². The molecule has 6 nitrogen and oxygen atoms in total. The van der Waals surface area contributed by atoms with Crippen molar-refractivity contribution in [3.8, 4) is 11.4 Å². The van der Waals surface area contributed by atoms with Crippen LogP contribution in [0.1, 0.15) is 5.56 Å². The van der Waals surface area contributed by atoms with E-state index in [-0.39, 0.29) is 10.8 Å². The Kier molecular flexibility index (Phi) is 4.90. The van der Waals surface area contributed by atoms with Crippen molar-refractivity contribution in [3.05, 3.63) is 96.6 Å². The number of benzene rings is 3. The summed E-state index contributed by atoms with van der Waals surface area (Å²) in [6.07, 6.45) is 0. The first-order chi connectivity index (χ1) is 13.6. The Balaban J connectivity index is 1.76. The van der Waals surface area contributed by atoms with Gasteiger partial charge in [-0.3, -0.25) is 0 Å². The van der Waals surface area contributed by atoms with Gasteiger partial charge in [-0.25, -0.2) is 0 Å². The molecule has 4 rings (SSSR count). The summed E-state index contributed by atoms with van der Waals surface area (Å²) in [6, 6.07) is 27.2. The SMILES string of the molecule is O=S(=O)(c1ccccc1)n1nc(-c2ccccc2)nc1NCc1ccccc1. The highest BCUT2D eigenvalue weighted by molar-refractivity contribution is 7.90. The molecule has 0 aliphatic rings. The lowest BCUT2D eigenvalue weighted by Crippen LogP contribution is -2.18. The lowest BCUT2D eigenvalue weighted by atomic mass is 10.2. The summed E-state index contributed by atoms with van der Waals surface area (Å²) in [6.45, 7) is 0.429. The molecule has 0 unspecified atom stereocenters. The third-order valence-electron chi connectivity index (χ3n) is 4.17. The van der Waals surface area contributed by atoms with E-state index in [0.29, 0.717) is 12.4 Å². The number of aromatic nitrogens is 3. The van der Waals surface area contributed by atoms with E-state index in [0.717, 1.165) is 15.2 Å². The van der Waals surface area contributed by atoms with Crippen LogP contribution in [-0.4, -0.2) is 22.6 Å². The molecule has 0 fully saturated rings. The molecule has 4 aromatic rings. The van der Waals surface area contributed by atoms with Crippen LogP contribution in [0.15, 0.2) is 95.9 Å². The molecule has 0 aliphatic heterocycles. The van der Waals surface area contributed by atoms with Gasteiger partial charge in [0.05, 0.1) is 4.90 Å². The molecule has 0 atom stereocenters. The van der Waals surface area contributed by atoms with Crippen LogP contribution in [0.4, 0.5) is 5.95 Å². The largest absolute Gasteiger partial charge is 0.349 e. The van der Waals surface area contributed by atoms with E-state index in [1.807, 2.05) is 60.7 Å². The predicted molar refractivity (Wildman–Crippen MR) is 108 cm³/mol. The summed E-state index contributed by atoms with van der Waals surface area (Å²) >= 11 is 0. The monoisotopic (exact) mass is 390 g/mol. The van der Waals surface area contributed by atoms with Gasteiger partial charge in [-0.1, -0.05) is 78.9 Å². The summed E-state index contributed by atoms with van der Waals surface area (Å²) in [4.78, 5) is 4.60. The van der Waals surface area contributed by atoms with E-state index >= 15 is 0 Å². The Labute approximate surface area is 163 Å². The molecule has 0 saturated carbocycles. The lowest BCUT2D eigenvalue weighted by Gasteiger charge is -2.09. The zero-order valence-electron chi connectivity index (χ0n) is 14.9. The minimum Gasteiger partial charge on any atom is -0.349 e. The molecule has 140 valence electrons. The molecule has 0 amide bonds. The normalized spacial score (nSPS) is 11.3. The van der Waals surface area contributed by atoms with Crippen LogP contribution >= 0.6 is 0 Å². The van der Waals surface area contributed by atoms with Crippen molar-refractivity contribution in [2.45, 2.75) is 11.4 Å². The van der Waals surface area contributed by atoms with Crippen molar-refractivity contribution in [3.63, 3.8) is 0 Å². The van der Waals surface area contributed by atoms with Gasteiger partial charge < -0.3 is 5.32 Å². The fourth-order valence-corrected chi connectivity index (χ4v) is 3.97. The lowest BCUT2D eigenvalue weighted by molar-refractivity contribution is 0.580. The summed E-state index contributed by atoms with van der Waals surface area (Å²) < 4.78 is 27.2. The Bertz CT molecular complexity index is 1160. The smallest absolute Gasteiger partial charge is 0.286 e. The number of rotatable bonds is 6. The quantitative estimate of drug-likeness (QED) is 0.542. The second kappa shape index (κ2) is 7.66. The van der Waals surface area contributed by atoms with Crippen LogP contribution in [0, 0.1) is 0 Å². The molecular weight excluding hydrogens is 372 g/mol. The number of hydrogen-bond donors (Lipinski definition) is 1. The maximum atomic E-state index is 13.1. The van der Waals surface area contributed by atoms with Crippen molar-refractivity contribution in [1.82, 2.24) is 14.2 Å². The average Bonchev–Trinajstić information content (AvgIpc) is 3.19. The first-order valence-corrected chi connectivity index (χ1v) is 10.2. The number of anilines is 1. The van der Waals surface area contributed by atoms with E-state index in [9.17, 15) is 8.42 Å². The average molecular weight is 390 g/mol. The highest BCUT2D eigenvalue weighted by Gasteiger charge is 2.24. The maximum Gasteiger partial charge on any atom is 0.286 e. The van der Waals surface area contributed by atoms with E-state index in [1.54, 1.807) is 30.3 Å². The molecule has 0 aliphatic carbocycles.